The molecular weight excluding hydrogens is 436 g/mol. The number of unbranched alkanes of at least 4 members (excludes halogenated alkanes) is 2. The van der Waals surface area contributed by atoms with Gasteiger partial charge in [-0.1, -0.05) is 51.3 Å². The third kappa shape index (κ3) is 3.11. The van der Waals surface area contributed by atoms with Crippen molar-refractivity contribution in [3.05, 3.63) is 22.8 Å². The number of rotatable bonds is 6. The second-order valence-electron chi connectivity index (χ2n) is 11.8. The zero-order chi connectivity index (χ0) is 23.8. The molecule has 8 atom stereocenters. The molecule has 0 bridgehead atoms. The van der Waals surface area contributed by atoms with Crippen molar-refractivity contribution in [2.45, 2.75) is 91.1 Å². The highest BCUT2D eigenvalue weighted by atomic mass is 35.5. The molecular formula is C28H37ClO4. The van der Waals surface area contributed by atoms with Crippen molar-refractivity contribution in [2.24, 2.45) is 40.4 Å². The molecule has 5 aliphatic rings. The maximum atomic E-state index is 13.1. The van der Waals surface area contributed by atoms with E-state index in [4.69, 9.17) is 16.3 Å². The smallest absolute Gasteiger partial charge is 0.306 e. The van der Waals surface area contributed by atoms with Crippen molar-refractivity contribution in [1.29, 1.82) is 0 Å². The highest BCUT2D eigenvalue weighted by molar-refractivity contribution is 6.32. The van der Waals surface area contributed by atoms with Gasteiger partial charge >= 0.3 is 5.97 Å². The van der Waals surface area contributed by atoms with Crippen molar-refractivity contribution in [1.82, 2.24) is 0 Å². The number of hydrogen-bond donors (Lipinski definition) is 0. The Hall–Kier alpha value is -1.42. The molecule has 0 N–H and O–H groups in total. The van der Waals surface area contributed by atoms with Crippen molar-refractivity contribution in [3.63, 3.8) is 0 Å². The number of hydrogen-bond acceptors (Lipinski definition) is 4. The van der Waals surface area contributed by atoms with E-state index in [9.17, 15) is 14.4 Å². The zero-order valence-electron chi connectivity index (χ0n) is 20.4. The molecule has 5 aliphatic carbocycles. The summed E-state index contributed by atoms with van der Waals surface area (Å²) in [6.45, 7) is 8.22. The first kappa shape index (κ1) is 23.3. The fourth-order valence-corrected chi connectivity index (χ4v) is 8.95. The number of halogens is 1. The molecule has 0 radical (unpaired) electrons. The molecule has 3 fully saturated rings. The molecule has 0 aliphatic heterocycles. The molecule has 0 heterocycles. The van der Waals surface area contributed by atoms with Gasteiger partial charge in [0.2, 0.25) is 0 Å². The topological polar surface area (TPSA) is 60.4 Å². The van der Waals surface area contributed by atoms with Gasteiger partial charge in [0, 0.05) is 28.2 Å². The highest BCUT2D eigenvalue weighted by Gasteiger charge is 2.70. The Morgan fingerprint density at radius 2 is 1.85 bits per heavy atom. The van der Waals surface area contributed by atoms with Gasteiger partial charge in [0.05, 0.1) is 0 Å². The first-order valence-corrected chi connectivity index (χ1v) is 13.3. The van der Waals surface area contributed by atoms with Gasteiger partial charge in [0.15, 0.2) is 17.2 Å². The summed E-state index contributed by atoms with van der Waals surface area (Å²) in [5.74, 6) is 1.44. The lowest BCUT2D eigenvalue weighted by molar-refractivity contribution is -0.187. The fourth-order valence-electron chi connectivity index (χ4n) is 8.55. The Balaban J connectivity index is 1.48. The van der Waals surface area contributed by atoms with Crippen LogP contribution in [0.4, 0.5) is 0 Å². The van der Waals surface area contributed by atoms with Crippen LogP contribution in [-0.2, 0) is 19.1 Å². The van der Waals surface area contributed by atoms with Gasteiger partial charge in [-0.15, -0.1) is 0 Å². The van der Waals surface area contributed by atoms with Crippen LogP contribution in [0.1, 0.15) is 85.5 Å². The summed E-state index contributed by atoms with van der Waals surface area (Å²) in [5, 5.41) is 0.721. The number of ether oxygens (including phenoxy) is 1. The van der Waals surface area contributed by atoms with Gasteiger partial charge in [-0.2, -0.15) is 0 Å². The Morgan fingerprint density at radius 1 is 1.12 bits per heavy atom. The third-order valence-corrected chi connectivity index (χ3v) is 10.8. The summed E-state index contributed by atoms with van der Waals surface area (Å²) in [6.07, 6.45) is 11.5. The molecule has 33 heavy (non-hydrogen) atoms. The third-order valence-electron chi connectivity index (χ3n) is 10.5. The Bertz CT molecular complexity index is 965. The van der Waals surface area contributed by atoms with E-state index in [1.54, 1.807) is 6.92 Å². The number of fused-ring (bicyclic) bond motifs is 7. The van der Waals surface area contributed by atoms with E-state index in [-0.39, 0.29) is 46.1 Å². The Morgan fingerprint density at radius 3 is 2.55 bits per heavy atom. The van der Waals surface area contributed by atoms with Gasteiger partial charge in [0.25, 0.3) is 0 Å². The Kier molecular flexibility index (Phi) is 5.51. The molecule has 0 saturated heterocycles. The number of ketones is 2. The molecule has 0 amide bonds. The highest BCUT2D eigenvalue weighted by Crippen LogP contribution is 2.72. The lowest BCUT2D eigenvalue weighted by atomic mass is 9.47. The standard InChI is InChI=1S/C28H37ClO4/c1-5-6-7-8-25(32)33-28(16(2)30)12-10-19-17-14-23(29)22-15-24(31)18-13-21(18)27(22,4)20(17)9-11-26(19,28)3/h14-15,17-21H,5-13H2,1-4H3/t17-,18?,19-,20+,21?,26-,27+,28+/m0/s1. The molecule has 0 aromatic rings. The SMILES string of the molecule is CCCCCC(=O)O[C@@]1(C(C)=O)CC[C@H]2[C@@H]3C=C(Cl)C4=CC(=O)C5CC5[C@@]4(C)[C@@H]3CC[C@@]21C. The van der Waals surface area contributed by atoms with E-state index >= 15 is 0 Å². The van der Waals surface area contributed by atoms with Gasteiger partial charge in [-0.05, 0) is 80.8 Å². The maximum absolute atomic E-state index is 13.1. The van der Waals surface area contributed by atoms with Crippen LogP contribution in [0.3, 0.4) is 0 Å². The summed E-state index contributed by atoms with van der Waals surface area (Å²) >= 11 is 6.86. The Labute approximate surface area is 202 Å². The second-order valence-corrected chi connectivity index (χ2v) is 12.2. The molecule has 5 heteroatoms. The summed E-state index contributed by atoms with van der Waals surface area (Å²) in [5.41, 5.74) is -0.460. The van der Waals surface area contributed by atoms with Crippen LogP contribution in [0.2, 0.25) is 0 Å². The lowest BCUT2D eigenvalue weighted by Crippen LogP contribution is -2.58. The summed E-state index contributed by atoms with van der Waals surface area (Å²) in [7, 11) is 0. The molecule has 2 unspecified atom stereocenters. The normalized spacial score (nSPS) is 45.1. The first-order chi connectivity index (χ1) is 15.6. The largest absolute Gasteiger partial charge is 0.450 e. The van der Waals surface area contributed by atoms with Crippen molar-refractivity contribution >= 4 is 29.1 Å². The van der Waals surface area contributed by atoms with Crippen LogP contribution >= 0.6 is 11.6 Å². The zero-order valence-corrected chi connectivity index (χ0v) is 21.2. The van der Waals surface area contributed by atoms with Crippen LogP contribution in [0, 0.1) is 40.4 Å². The van der Waals surface area contributed by atoms with Crippen molar-refractivity contribution < 1.29 is 19.1 Å². The van der Waals surface area contributed by atoms with Gasteiger partial charge in [-0.25, -0.2) is 0 Å². The maximum Gasteiger partial charge on any atom is 0.306 e. The summed E-state index contributed by atoms with van der Waals surface area (Å²) in [4.78, 5) is 38.4. The van der Waals surface area contributed by atoms with E-state index < -0.39 is 5.60 Å². The second kappa shape index (κ2) is 7.80. The molecule has 0 aromatic carbocycles. The minimum absolute atomic E-state index is 0.0157. The molecule has 3 saturated carbocycles. The average Bonchev–Trinajstić information content (AvgIpc) is 3.51. The minimum atomic E-state index is -1.03. The van der Waals surface area contributed by atoms with E-state index in [1.165, 1.54) is 0 Å². The number of esters is 1. The monoisotopic (exact) mass is 472 g/mol. The van der Waals surface area contributed by atoms with Gasteiger partial charge in [-0.3, -0.25) is 14.4 Å². The molecule has 5 rings (SSSR count). The molecule has 180 valence electrons. The molecule has 0 spiro atoms. The number of allylic oxidation sites excluding steroid dienone is 4. The number of carbonyl (C=O) groups is 3. The van der Waals surface area contributed by atoms with Crippen LogP contribution in [0.15, 0.2) is 22.8 Å². The van der Waals surface area contributed by atoms with Crippen LogP contribution < -0.4 is 0 Å². The van der Waals surface area contributed by atoms with Crippen LogP contribution in [-0.4, -0.2) is 23.1 Å². The quantitative estimate of drug-likeness (QED) is 0.342. The van der Waals surface area contributed by atoms with E-state index in [1.807, 2.05) is 6.08 Å². The number of Topliss-reactive ketones (excluding diaryl/α,β-unsaturated/α-hetero) is 1. The van der Waals surface area contributed by atoms with E-state index in [2.05, 4.69) is 26.8 Å². The number of carbonyl (C=O) groups excluding carboxylic acids is 3. The minimum Gasteiger partial charge on any atom is -0.450 e. The van der Waals surface area contributed by atoms with Crippen molar-refractivity contribution in [3.8, 4) is 0 Å². The van der Waals surface area contributed by atoms with Crippen LogP contribution in [0.25, 0.3) is 0 Å². The van der Waals surface area contributed by atoms with Crippen molar-refractivity contribution in [2.75, 3.05) is 0 Å². The van der Waals surface area contributed by atoms with Gasteiger partial charge in [0.1, 0.15) is 0 Å². The molecule has 4 nitrogen and oxygen atoms in total. The van der Waals surface area contributed by atoms with Gasteiger partial charge < -0.3 is 4.74 Å². The average molecular weight is 473 g/mol. The first-order valence-electron chi connectivity index (χ1n) is 13.0. The summed E-state index contributed by atoms with van der Waals surface area (Å²) in [6, 6.07) is 0. The van der Waals surface area contributed by atoms with Crippen LogP contribution in [0.5, 0.6) is 0 Å². The predicted octanol–water partition coefficient (Wildman–Crippen LogP) is 6.17. The van der Waals surface area contributed by atoms with E-state index in [0.717, 1.165) is 55.6 Å². The van der Waals surface area contributed by atoms with E-state index in [0.29, 0.717) is 24.7 Å². The fraction of sp³-hybridized carbons (Fsp3) is 0.750. The predicted molar refractivity (Wildman–Crippen MR) is 127 cm³/mol. The lowest BCUT2D eigenvalue weighted by Gasteiger charge is -2.57. The summed E-state index contributed by atoms with van der Waals surface area (Å²) < 4.78 is 6.16. The molecule has 0 aromatic heterocycles.